The molecule has 2 fully saturated rings. The van der Waals surface area contributed by atoms with Crippen LogP contribution in [-0.2, 0) is 0 Å². The second kappa shape index (κ2) is 11.5. The summed E-state index contributed by atoms with van der Waals surface area (Å²) >= 11 is 0. The molecule has 1 atom stereocenters. The fraction of sp³-hybridized carbons (Fsp3) is 0.944. The molecule has 1 saturated heterocycles. The van der Waals surface area contributed by atoms with Gasteiger partial charge in [0.1, 0.15) is 0 Å². The average molecular weight is 436 g/mol. The highest BCUT2D eigenvalue weighted by atomic mass is 127. The Morgan fingerprint density at radius 3 is 2.48 bits per heavy atom. The minimum absolute atomic E-state index is 0. The number of likely N-dealkylation sites (tertiary alicyclic amines) is 1. The molecule has 1 heterocycles. The monoisotopic (exact) mass is 436 g/mol. The van der Waals surface area contributed by atoms with Crippen LogP contribution in [0.15, 0.2) is 4.99 Å². The van der Waals surface area contributed by atoms with Crippen LogP contribution in [0.3, 0.4) is 0 Å². The van der Waals surface area contributed by atoms with Crippen molar-refractivity contribution in [1.29, 1.82) is 0 Å². The normalized spacial score (nSPS) is 29.7. The Morgan fingerprint density at radius 1 is 1.13 bits per heavy atom. The Kier molecular flexibility index (Phi) is 10.5. The number of rotatable bonds is 5. The molecule has 1 aliphatic carbocycles. The largest absolute Gasteiger partial charge is 0.356 e. The number of aliphatic imine (C=N–C) groups is 1. The van der Waals surface area contributed by atoms with Crippen LogP contribution in [0.4, 0.5) is 0 Å². The number of hydrogen-bond donors (Lipinski definition) is 2. The van der Waals surface area contributed by atoms with Gasteiger partial charge in [-0.2, -0.15) is 0 Å². The predicted molar refractivity (Wildman–Crippen MR) is 111 cm³/mol. The van der Waals surface area contributed by atoms with E-state index in [9.17, 15) is 0 Å². The van der Waals surface area contributed by atoms with Crippen molar-refractivity contribution in [3.63, 3.8) is 0 Å². The summed E-state index contributed by atoms with van der Waals surface area (Å²) in [5.41, 5.74) is 0. The quantitative estimate of drug-likeness (QED) is 0.394. The van der Waals surface area contributed by atoms with Crippen LogP contribution < -0.4 is 10.6 Å². The smallest absolute Gasteiger partial charge is 0.191 e. The Hall–Kier alpha value is -0.0400. The van der Waals surface area contributed by atoms with Crippen molar-refractivity contribution < 1.29 is 0 Å². The molecule has 1 unspecified atom stereocenters. The second-order valence-corrected chi connectivity index (χ2v) is 7.37. The van der Waals surface area contributed by atoms with Crippen molar-refractivity contribution in [1.82, 2.24) is 15.5 Å². The SMILES string of the molecule is CCCC1CCC(NC(=NC)NCC2CCCN(C)C2)CC1.I. The summed E-state index contributed by atoms with van der Waals surface area (Å²) in [5.74, 6) is 2.74. The lowest BCUT2D eigenvalue weighted by Gasteiger charge is -2.32. The molecule has 2 N–H and O–H groups in total. The fourth-order valence-corrected chi connectivity index (χ4v) is 4.07. The lowest BCUT2D eigenvalue weighted by Crippen LogP contribution is -2.47. The van der Waals surface area contributed by atoms with Crippen LogP contribution in [0.2, 0.25) is 0 Å². The van der Waals surface area contributed by atoms with Gasteiger partial charge >= 0.3 is 0 Å². The van der Waals surface area contributed by atoms with Gasteiger partial charge in [-0.3, -0.25) is 4.99 Å². The maximum atomic E-state index is 4.42. The Labute approximate surface area is 160 Å². The van der Waals surface area contributed by atoms with E-state index >= 15 is 0 Å². The molecule has 0 spiro atoms. The molecule has 2 rings (SSSR count). The Bertz CT molecular complexity index is 340. The van der Waals surface area contributed by atoms with E-state index in [1.54, 1.807) is 0 Å². The summed E-state index contributed by atoms with van der Waals surface area (Å²) in [6.07, 6.45) is 10.8. The highest BCUT2D eigenvalue weighted by molar-refractivity contribution is 14.0. The zero-order valence-corrected chi connectivity index (χ0v) is 17.6. The minimum atomic E-state index is 0. The molecule has 0 radical (unpaired) electrons. The van der Waals surface area contributed by atoms with Gasteiger partial charge in [-0.25, -0.2) is 0 Å². The number of guanidine groups is 1. The third kappa shape index (κ3) is 7.59. The van der Waals surface area contributed by atoms with Gasteiger partial charge in [0.05, 0.1) is 0 Å². The van der Waals surface area contributed by atoms with Crippen LogP contribution >= 0.6 is 24.0 Å². The molecule has 4 nitrogen and oxygen atoms in total. The zero-order chi connectivity index (χ0) is 15.8. The van der Waals surface area contributed by atoms with Crippen LogP contribution in [0.5, 0.6) is 0 Å². The Balaban J connectivity index is 0.00000264. The first-order valence-corrected chi connectivity index (χ1v) is 9.37. The van der Waals surface area contributed by atoms with Crippen molar-refractivity contribution in [2.24, 2.45) is 16.8 Å². The summed E-state index contributed by atoms with van der Waals surface area (Å²) in [4.78, 5) is 6.87. The average Bonchev–Trinajstić information content (AvgIpc) is 2.53. The summed E-state index contributed by atoms with van der Waals surface area (Å²) in [7, 11) is 4.12. The zero-order valence-electron chi connectivity index (χ0n) is 15.3. The van der Waals surface area contributed by atoms with Crippen LogP contribution in [0.25, 0.3) is 0 Å². The lowest BCUT2D eigenvalue weighted by molar-refractivity contribution is 0.210. The van der Waals surface area contributed by atoms with E-state index in [0.29, 0.717) is 6.04 Å². The van der Waals surface area contributed by atoms with Gasteiger partial charge in [0.15, 0.2) is 5.96 Å². The van der Waals surface area contributed by atoms with Crippen molar-refractivity contribution in [2.45, 2.75) is 64.3 Å². The summed E-state index contributed by atoms with van der Waals surface area (Å²) in [6.45, 7) is 5.82. The van der Waals surface area contributed by atoms with Crippen molar-refractivity contribution in [3.05, 3.63) is 0 Å². The van der Waals surface area contributed by atoms with Crippen molar-refractivity contribution in [3.8, 4) is 0 Å². The number of piperidine rings is 1. The maximum absolute atomic E-state index is 4.42. The van der Waals surface area contributed by atoms with Gasteiger partial charge in [0.25, 0.3) is 0 Å². The molecule has 136 valence electrons. The van der Waals surface area contributed by atoms with Gasteiger partial charge in [0.2, 0.25) is 0 Å². The van der Waals surface area contributed by atoms with E-state index in [4.69, 9.17) is 0 Å². The van der Waals surface area contributed by atoms with E-state index < -0.39 is 0 Å². The third-order valence-electron chi connectivity index (χ3n) is 5.39. The molecule has 1 saturated carbocycles. The predicted octanol–water partition coefficient (Wildman–Crippen LogP) is 3.47. The molecular formula is C18H37IN4. The molecule has 2 aliphatic rings. The molecule has 23 heavy (non-hydrogen) atoms. The topological polar surface area (TPSA) is 39.7 Å². The van der Waals surface area contributed by atoms with E-state index in [1.807, 2.05) is 7.05 Å². The molecular weight excluding hydrogens is 399 g/mol. The first-order chi connectivity index (χ1) is 10.7. The van der Waals surface area contributed by atoms with Crippen molar-refractivity contribution >= 4 is 29.9 Å². The number of nitrogens with one attached hydrogen (secondary N) is 2. The second-order valence-electron chi connectivity index (χ2n) is 7.37. The fourth-order valence-electron chi connectivity index (χ4n) is 4.07. The molecule has 0 aromatic carbocycles. The highest BCUT2D eigenvalue weighted by Gasteiger charge is 2.22. The standard InChI is InChI=1S/C18H36N4.HI/c1-4-6-15-8-10-17(11-9-15)21-18(19-2)20-13-16-7-5-12-22(3)14-16;/h15-17H,4-14H2,1-3H3,(H2,19,20,21);1H. The maximum Gasteiger partial charge on any atom is 0.191 e. The molecule has 5 heteroatoms. The van der Waals surface area contributed by atoms with E-state index in [-0.39, 0.29) is 24.0 Å². The van der Waals surface area contributed by atoms with Gasteiger partial charge in [0, 0.05) is 26.2 Å². The molecule has 1 aliphatic heterocycles. The van der Waals surface area contributed by atoms with Crippen LogP contribution in [0, 0.1) is 11.8 Å². The first-order valence-electron chi connectivity index (χ1n) is 9.37. The summed E-state index contributed by atoms with van der Waals surface area (Å²) in [5, 5.41) is 7.20. The van der Waals surface area contributed by atoms with Gasteiger partial charge < -0.3 is 15.5 Å². The van der Waals surface area contributed by atoms with Crippen molar-refractivity contribution in [2.75, 3.05) is 33.7 Å². The number of hydrogen-bond acceptors (Lipinski definition) is 2. The van der Waals surface area contributed by atoms with Crippen LogP contribution in [0.1, 0.15) is 58.3 Å². The lowest BCUT2D eigenvalue weighted by atomic mass is 9.83. The molecule has 0 aromatic heterocycles. The summed E-state index contributed by atoms with van der Waals surface area (Å²) < 4.78 is 0. The third-order valence-corrected chi connectivity index (χ3v) is 5.39. The van der Waals surface area contributed by atoms with Gasteiger partial charge in [-0.05, 0) is 64.0 Å². The van der Waals surface area contributed by atoms with Gasteiger partial charge in [-0.1, -0.05) is 19.8 Å². The molecule has 0 bridgehead atoms. The minimum Gasteiger partial charge on any atom is -0.356 e. The first kappa shape index (κ1) is 21.0. The van der Waals surface area contributed by atoms with E-state index in [2.05, 4.69) is 34.5 Å². The number of nitrogens with zero attached hydrogens (tertiary/aromatic N) is 2. The Morgan fingerprint density at radius 2 is 1.87 bits per heavy atom. The van der Waals surface area contributed by atoms with E-state index in [1.165, 1.54) is 64.5 Å². The summed E-state index contributed by atoms with van der Waals surface area (Å²) in [6, 6.07) is 0.619. The molecule has 0 amide bonds. The van der Waals surface area contributed by atoms with Crippen LogP contribution in [-0.4, -0.2) is 50.6 Å². The molecule has 0 aromatic rings. The van der Waals surface area contributed by atoms with E-state index in [0.717, 1.165) is 24.3 Å². The highest BCUT2D eigenvalue weighted by Crippen LogP contribution is 2.27. The van der Waals surface area contributed by atoms with Gasteiger partial charge in [-0.15, -0.1) is 24.0 Å². The number of halogens is 1.